The Kier molecular flexibility index (Phi) is 9.22. The first-order valence-corrected chi connectivity index (χ1v) is 21.5. The number of nitrogens with zero attached hydrogens (tertiary/aromatic N) is 2. The Balaban J connectivity index is 1.29. The van der Waals surface area contributed by atoms with Crippen molar-refractivity contribution < 1.29 is 10.2 Å². The van der Waals surface area contributed by atoms with E-state index in [9.17, 15) is 10.2 Å². The number of hydrogen-bond acceptors (Lipinski definition) is 4. The molecule has 0 aliphatic rings. The van der Waals surface area contributed by atoms with Crippen molar-refractivity contribution in [1.29, 1.82) is 0 Å². The Labute approximate surface area is 363 Å². The normalized spacial score (nSPS) is 12.2. The van der Waals surface area contributed by atoms with E-state index in [1.807, 2.05) is 60.7 Å². The van der Waals surface area contributed by atoms with Gasteiger partial charge >= 0.3 is 0 Å². The van der Waals surface area contributed by atoms with Gasteiger partial charge in [0.2, 0.25) is 0 Å². The van der Waals surface area contributed by atoms with Gasteiger partial charge in [-0.25, -0.2) is 0 Å². The number of phenols is 2. The van der Waals surface area contributed by atoms with Crippen molar-refractivity contribution in [2.45, 2.75) is 52.4 Å². The van der Waals surface area contributed by atoms with Gasteiger partial charge in [0.15, 0.2) is 0 Å². The highest BCUT2D eigenvalue weighted by atomic mass is 16.3. The summed E-state index contributed by atoms with van der Waals surface area (Å²) in [5.74, 6) is 0.515. The molecule has 0 amide bonds. The molecule has 62 heavy (non-hydrogen) atoms. The quantitative estimate of drug-likeness (QED) is 0.164. The van der Waals surface area contributed by atoms with Crippen LogP contribution in [0.15, 0.2) is 182 Å². The highest BCUT2D eigenvalue weighted by molar-refractivity contribution is 6.25. The first-order valence-electron chi connectivity index (χ1n) is 21.5. The van der Waals surface area contributed by atoms with Crippen LogP contribution in [0, 0.1) is 0 Å². The molecule has 0 aliphatic heterocycles. The number of rotatable bonds is 6. The van der Waals surface area contributed by atoms with Gasteiger partial charge in [-0.3, -0.25) is 0 Å². The minimum Gasteiger partial charge on any atom is -0.507 e. The topological polar surface area (TPSA) is 46.9 Å². The molecule has 0 unspecified atom stereocenters. The van der Waals surface area contributed by atoms with Gasteiger partial charge in [-0.2, -0.15) is 0 Å². The maximum Gasteiger partial charge on any atom is 0.123 e. The summed E-state index contributed by atoms with van der Waals surface area (Å²) < 4.78 is 0. The van der Waals surface area contributed by atoms with E-state index in [1.165, 1.54) is 11.1 Å². The largest absolute Gasteiger partial charge is 0.507 e. The van der Waals surface area contributed by atoms with E-state index in [4.69, 9.17) is 0 Å². The molecule has 10 aromatic carbocycles. The molecule has 0 aromatic heterocycles. The summed E-state index contributed by atoms with van der Waals surface area (Å²) in [4.78, 5) is 4.73. The van der Waals surface area contributed by atoms with Crippen LogP contribution in [-0.2, 0) is 10.8 Å². The predicted octanol–water partition coefficient (Wildman–Crippen LogP) is 16.4. The predicted molar refractivity (Wildman–Crippen MR) is 264 cm³/mol. The maximum absolute atomic E-state index is 11.1. The van der Waals surface area contributed by atoms with Crippen LogP contribution in [0.2, 0.25) is 0 Å². The number of anilines is 6. The van der Waals surface area contributed by atoms with Crippen molar-refractivity contribution >= 4 is 88.0 Å². The van der Waals surface area contributed by atoms with Crippen LogP contribution in [0.25, 0.3) is 53.9 Å². The second kappa shape index (κ2) is 14.7. The summed E-state index contributed by atoms with van der Waals surface area (Å²) in [6.07, 6.45) is 0. The molecule has 0 fully saturated rings. The molecule has 0 atom stereocenters. The summed E-state index contributed by atoms with van der Waals surface area (Å²) >= 11 is 0. The first kappa shape index (κ1) is 38.9. The highest BCUT2D eigenvalue weighted by Crippen LogP contribution is 2.50. The molecule has 0 aliphatic carbocycles. The van der Waals surface area contributed by atoms with Gasteiger partial charge in [-0.15, -0.1) is 0 Å². The fraction of sp³-hybridized carbons (Fsp3) is 0.138. The summed E-state index contributed by atoms with van der Waals surface area (Å²) in [6, 6.07) is 64.0. The molecule has 304 valence electrons. The van der Waals surface area contributed by atoms with E-state index in [1.54, 1.807) is 0 Å². The number of phenolic OH excluding ortho intramolecular Hbond substituents is 2. The van der Waals surface area contributed by atoms with Crippen molar-refractivity contribution in [2.75, 3.05) is 9.80 Å². The molecule has 2 N–H and O–H groups in total. The van der Waals surface area contributed by atoms with Crippen molar-refractivity contribution in [3.8, 4) is 11.5 Å². The fourth-order valence-electron chi connectivity index (χ4n) is 9.24. The van der Waals surface area contributed by atoms with Gasteiger partial charge in [0, 0.05) is 43.7 Å². The third-order valence-corrected chi connectivity index (χ3v) is 12.5. The molecule has 4 nitrogen and oxygen atoms in total. The number of fused-ring (bicyclic) bond motifs is 7. The van der Waals surface area contributed by atoms with Crippen LogP contribution in [0.3, 0.4) is 0 Å². The molecule has 0 bridgehead atoms. The van der Waals surface area contributed by atoms with Gasteiger partial charge in [0.1, 0.15) is 11.5 Å². The molecule has 0 saturated carbocycles. The third kappa shape index (κ3) is 6.55. The lowest BCUT2D eigenvalue weighted by Crippen LogP contribution is -2.14. The van der Waals surface area contributed by atoms with E-state index in [-0.39, 0.29) is 22.3 Å². The van der Waals surface area contributed by atoms with Crippen LogP contribution >= 0.6 is 0 Å². The van der Waals surface area contributed by atoms with Gasteiger partial charge in [0.25, 0.3) is 0 Å². The molecular formula is C58H50N2O2. The van der Waals surface area contributed by atoms with Crippen molar-refractivity contribution in [1.82, 2.24) is 0 Å². The fourth-order valence-corrected chi connectivity index (χ4v) is 9.24. The molecule has 0 saturated heterocycles. The SMILES string of the molecule is CC(C)(C)c1ccc(N(c2ccc(O)c3ccccc23)c2cc3c4ccccc4c(N(c4ccc(C(C)(C)C)cc4)c4ccc(O)c5ccccc45)cc3c3ccccc23)cc1. The Morgan fingerprint density at radius 2 is 0.581 bits per heavy atom. The molecule has 4 heteroatoms. The van der Waals surface area contributed by atoms with Crippen molar-refractivity contribution in [3.63, 3.8) is 0 Å². The first-order chi connectivity index (χ1) is 29.9. The molecular weight excluding hydrogens is 757 g/mol. The molecule has 10 rings (SSSR count). The molecule has 0 heterocycles. The van der Waals surface area contributed by atoms with E-state index >= 15 is 0 Å². The van der Waals surface area contributed by atoms with E-state index in [0.29, 0.717) is 0 Å². The summed E-state index contributed by atoms with van der Waals surface area (Å²) in [5.41, 5.74) is 8.63. The zero-order valence-corrected chi connectivity index (χ0v) is 36.1. The minimum absolute atomic E-state index is 0.00417. The van der Waals surface area contributed by atoms with Gasteiger partial charge in [0.05, 0.1) is 22.7 Å². The van der Waals surface area contributed by atoms with Crippen molar-refractivity contribution in [2.24, 2.45) is 0 Å². The van der Waals surface area contributed by atoms with Crippen LogP contribution in [0.1, 0.15) is 52.7 Å². The lowest BCUT2D eigenvalue weighted by atomic mass is 9.87. The standard InChI is InChI=1S/C58H50N2O2/c1-57(2,3)37-23-27-39(28-24-37)59(51-31-33-55(61)47-21-13-11-19-45(47)51)53-35-49-42-16-8-10-18-44(42)54(36-50(49)41-15-7-9-17-43(41)53)60(40-29-25-38(26-30-40)58(4,5)6)52-32-34-56(62)48-22-14-12-20-46(48)52/h7-36,61-62H,1-6H3. The smallest absolute Gasteiger partial charge is 0.123 e. The summed E-state index contributed by atoms with van der Waals surface area (Å²) in [5, 5.41) is 32.5. The van der Waals surface area contributed by atoms with Crippen LogP contribution in [0.4, 0.5) is 34.1 Å². The zero-order valence-electron chi connectivity index (χ0n) is 36.1. The number of benzene rings is 10. The second-order valence-corrected chi connectivity index (χ2v) is 18.5. The molecule has 0 spiro atoms. The van der Waals surface area contributed by atoms with E-state index in [0.717, 1.165) is 88.0 Å². The van der Waals surface area contributed by atoms with E-state index in [2.05, 4.69) is 173 Å². The second-order valence-electron chi connectivity index (χ2n) is 18.5. The Bertz CT molecular complexity index is 3110. The summed E-state index contributed by atoms with van der Waals surface area (Å²) in [6.45, 7) is 13.5. The van der Waals surface area contributed by atoms with Crippen molar-refractivity contribution in [3.05, 3.63) is 193 Å². The van der Waals surface area contributed by atoms with Gasteiger partial charge < -0.3 is 20.0 Å². The Morgan fingerprint density at radius 1 is 0.290 bits per heavy atom. The lowest BCUT2D eigenvalue weighted by Gasteiger charge is -2.31. The van der Waals surface area contributed by atoms with Gasteiger partial charge in [-0.1, -0.05) is 163 Å². The third-order valence-electron chi connectivity index (χ3n) is 12.5. The minimum atomic E-state index is -0.00417. The molecule has 10 aromatic rings. The van der Waals surface area contributed by atoms with Gasteiger partial charge in [-0.05, 0) is 104 Å². The summed E-state index contributed by atoms with van der Waals surface area (Å²) in [7, 11) is 0. The van der Waals surface area contributed by atoms with Crippen LogP contribution < -0.4 is 9.80 Å². The zero-order chi connectivity index (χ0) is 42.9. The number of aromatic hydroxyl groups is 2. The maximum atomic E-state index is 11.1. The highest BCUT2D eigenvalue weighted by Gasteiger charge is 2.25. The monoisotopic (exact) mass is 806 g/mol. The van der Waals surface area contributed by atoms with E-state index < -0.39 is 0 Å². The average molecular weight is 807 g/mol. The van der Waals surface area contributed by atoms with Crippen LogP contribution in [-0.4, -0.2) is 10.2 Å². The molecule has 0 radical (unpaired) electrons. The Hall–Kier alpha value is -7.30. The number of hydrogen-bond donors (Lipinski definition) is 2. The van der Waals surface area contributed by atoms with Crippen LogP contribution in [0.5, 0.6) is 11.5 Å². The Morgan fingerprint density at radius 3 is 0.903 bits per heavy atom. The average Bonchev–Trinajstić information content (AvgIpc) is 3.28. The lowest BCUT2D eigenvalue weighted by molar-refractivity contribution is 0.481.